The highest BCUT2D eigenvalue weighted by Gasteiger charge is 2.26. The number of aliphatic carboxylic acids is 5. The maximum absolute atomic E-state index is 13.2. The van der Waals surface area contributed by atoms with Gasteiger partial charge in [-0.15, -0.1) is 0 Å². The number of aryl methyl sites for hydroxylation is 1. The Morgan fingerprint density at radius 3 is 1.18 bits per heavy atom. The summed E-state index contributed by atoms with van der Waals surface area (Å²) in [5.41, 5.74) is 4.75. The molecular weight excluding hydrogens is 1160 g/mol. The minimum absolute atomic E-state index is 0.00800. The van der Waals surface area contributed by atoms with Crippen LogP contribution >= 0.6 is 0 Å². The zero-order valence-electron chi connectivity index (χ0n) is 49.6. The van der Waals surface area contributed by atoms with Gasteiger partial charge in [-0.3, -0.25) is 62.8 Å². The highest BCUT2D eigenvalue weighted by atomic mass is 16.4. The Kier molecular flexibility index (Phi) is 29.0. The molecule has 1 heterocycles. The van der Waals surface area contributed by atoms with Gasteiger partial charge in [0.2, 0.25) is 5.91 Å². The largest absolute Gasteiger partial charge is 0.481 e. The number of nitrogens with one attached hydrogen (secondary N) is 6. The number of urea groups is 1. The molecule has 1 aliphatic rings. The SMILES string of the molecule is CC(=O)CN1CCN(CC(=O)O)CCN(CC(=O)NCc2ccc(C(=O)CCc3ccc(C(=O)NCc4ccc(C(=O)NCc5ccc(C(=O)NCCCCC(NC(=O)NC(CCC(=O)O)C(=O)O)C(=O)O)cc5)cc4)cc3)cc2)CCN(CC(=O)O)CC1. The van der Waals surface area contributed by atoms with Gasteiger partial charge >= 0.3 is 35.9 Å². The molecule has 27 heteroatoms. The molecule has 478 valence electrons. The Balaban J connectivity index is 0.975. The van der Waals surface area contributed by atoms with Crippen molar-refractivity contribution >= 4 is 71.1 Å². The molecule has 1 saturated heterocycles. The second-order valence-electron chi connectivity index (χ2n) is 21.5. The molecule has 4 aromatic carbocycles. The number of hydrogen-bond acceptors (Lipinski definition) is 16. The van der Waals surface area contributed by atoms with Crippen LogP contribution in [0.4, 0.5) is 4.79 Å². The number of ketones is 2. The molecule has 27 nitrogen and oxygen atoms in total. The molecule has 1 aliphatic heterocycles. The lowest BCUT2D eigenvalue weighted by molar-refractivity contribution is -0.141. The molecule has 0 bridgehead atoms. The van der Waals surface area contributed by atoms with Crippen molar-refractivity contribution in [2.24, 2.45) is 0 Å². The molecule has 5 rings (SSSR count). The standard InChI is InChI=1S/C62H78N10O17/c1-41(73)37-69-26-30-71(39-55(78)79)32-28-70(29-33-72(31-27-69)40-56(80)81)38-53(75)64-34-43-7-14-46(15-8-43)52(74)23-13-42-5-16-48(17-6-42)58(83)65-36-45-11-20-49(21-12-45)59(84)66-35-44-9-18-47(19-10-44)57(82)63-25-3-2-4-50(60(85)86)67-62(89)68-51(61(87)88)22-24-54(76)77/h5-12,14-21,50-51H,2-4,13,22-40H2,1H3,(H,63,82)(H,64,75)(H,65,83)(H,66,84)(H,76,77)(H,78,79)(H,80,81)(H,85,86)(H,87,88)(H2,67,68,89). The summed E-state index contributed by atoms with van der Waals surface area (Å²) in [4.78, 5) is 154. The average molecular weight is 1240 g/mol. The van der Waals surface area contributed by atoms with Gasteiger partial charge in [0, 0.05) is 114 Å². The molecule has 6 amide bonds. The first-order valence-corrected chi connectivity index (χ1v) is 29.1. The van der Waals surface area contributed by atoms with Crippen LogP contribution in [0.2, 0.25) is 0 Å². The third-order valence-corrected chi connectivity index (χ3v) is 14.5. The van der Waals surface area contributed by atoms with E-state index >= 15 is 0 Å². The Labute approximate surface area is 514 Å². The van der Waals surface area contributed by atoms with Crippen molar-refractivity contribution in [2.45, 2.75) is 83.6 Å². The zero-order valence-corrected chi connectivity index (χ0v) is 49.6. The van der Waals surface area contributed by atoms with Gasteiger partial charge < -0.3 is 57.4 Å². The van der Waals surface area contributed by atoms with Crippen molar-refractivity contribution in [3.8, 4) is 0 Å². The van der Waals surface area contributed by atoms with Gasteiger partial charge in [-0.2, -0.15) is 0 Å². The van der Waals surface area contributed by atoms with Crippen LogP contribution in [-0.2, 0) is 59.6 Å². The predicted molar refractivity (Wildman–Crippen MR) is 322 cm³/mol. The van der Waals surface area contributed by atoms with Crippen molar-refractivity contribution in [3.05, 3.63) is 142 Å². The van der Waals surface area contributed by atoms with E-state index in [1.54, 1.807) is 107 Å². The molecule has 2 atom stereocenters. The van der Waals surface area contributed by atoms with Gasteiger partial charge in [0.25, 0.3) is 17.7 Å². The van der Waals surface area contributed by atoms with Crippen LogP contribution in [-0.4, -0.2) is 213 Å². The van der Waals surface area contributed by atoms with Crippen molar-refractivity contribution in [3.63, 3.8) is 0 Å². The molecule has 0 spiro atoms. The lowest BCUT2D eigenvalue weighted by atomic mass is 10.0. The number of carboxylic acids is 5. The van der Waals surface area contributed by atoms with Gasteiger partial charge in [-0.1, -0.05) is 60.7 Å². The maximum atomic E-state index is 13.2. The van der Waals surface area contributed by atoms with Crippen LogP contribution in [0.5, 0.6) is 0 Å². The Hall–Kier alpha value is -9.44. The molecule has 2 unspecified atom stereocenters. The van der Waals surface area contributed by atoms with E-state index < -0.39 is 60.8 Å². The summed E-state index contributed by atoms with van der Waals surface area (Å²) < 4.78 is 0. The number of rotatable bonds is 33. The van der Waals surface area contributed by atoms with Crippen molar-refractivity contribution < 1.29 is 83.1 Å². The number of carbonyl (C=O) groups is 12. The molecule has 4 aromatic rings. The molecule has 1 fully saturated rings. The molecule has 89 heavy (non-hydrogen) atoms. The highest BCUT2D eigenvalue weighted by Crippen LogP contribution is 2.14. The summed E-state index contributed by atoms with van der Waals surface area (Å²) in [7, 11) is 0. The number of amides is 6. The van der Waals surface area contributed by atoms with Gasteiger partial charge in [-0.25, -0.2) is 14.4 Å². The second-order valence-corrected chi connectivity index (χ2v) is 21.5. The van der Waals surface area contributed by atoms with Crippen molar-refractivity contribution in [1.82, 2.24) is 51.5 Å². The predicted octanol–water partition coefficient (Wildman–Crippen LogP) is 1.93. The van der Waals surface area contributed by atoms with Crippen molar-refractivity contribution in [1.29, 1.82) is 0 Å². The number of Topliss-reactive ketones (excluding diaryl/α,β-unsaturated/α-hetero) is 2. The van der Waals surface area contributed by atoms with E-state index in [2.05, 4.69) is 31.9 Å². The summed E-state index contributed by atoms with van der Waals surface area (Å²) >= 11 is 0. The zero-order chi connectivity index (χ0) is 64.8. The van der Waals surface area contributed by atoms with E-state index in [0.29, 0.717) is 87.5 Å². The first kappa shape index (κ1) is 70.3. The first-order chi connectivity index (χ1) is 42.5. The van der Waals surface area contributed by atoms with Crippen LogP contribution in [0.3, 0.4) is 0 Å². The molecule has 0 saturated carbocycles. The smallest absolute Gasteiger partial charge is 0.326 e. The summed E-state index contributed by atoms with van der Waals surface area (Å²) in [6.07, 6.45) is 0.345. The van der Waals surface area contributed by atoms with Crippen LogP contribution < -0.4 is 31.9 Å². The number of nitrogens with zero attached hydrogens (tertiary/aromatic N) is 4. The second kappa shape index (κ2) is 36.6. The maximum Gasteiger partial charge on any atom is 0.326 e. The minimum Gasteiger partial charge on any atom is -0.481 e. The van der Waals surface area contributed by atoms with Gasteiger partial charge in [0.15, 0.2) is 5.78 Å². The minimum atomic E-state index is -1.53. The molecule has 0 aliphatic carbocycles. The fraction of sp³-hybridized carbons (Fsp3) is 0.419. The van der Waals surface area contributed by atoms with E-state index in [4.69, 9.17) is 5.11 Å². The van der Waals surface area contributed by atoms with E-state index in [0.717, 1.165) is 22.3 Å². The van der Waals surface area contributed by atoms with Gasteiger partial charge in [0.05, 0.1) is 26.2 Å². The number of carbonyl (C=O) groups excluding carboxylic acids is 7. The van der Waals surface area contributed by atoms with Crippen LogP contribution in [0.15, 0.2) is 97.1 Å². The summed E-state index contributed by atoms with van der Waals surface area (Å²) in [6.45, 7) is 4.90. The van der Waals surface area contributed by atoms with E-state index in [1.807, 2.05) is 9.80 Å². The number of hydrogen-bond donors (Lipinski definition) is 11. The third-order valence-electron chi connectivity index (χ3n) is 14.5. The number of unbranched alkanes of at least 4 members (excludes halogenated alkanes) is 1. The van der Waals surface area contributed by atoms with Gasteiger partial charge in [0.1, 0.15) is 17.9 Å². The Morgan fingerprint density at radius 2 is 0.775 bits per heavy atom. The fourth-order valence-electron chi connectivity index (χ4n) is 9.44. The van der Waals surface area contributed by atoms with Crippen LogP contribution in [0.1, 0.15) is 109 Å². The van der Waals surface area contributed by atoms with E-state index in [-0.39, 0.29) is 107 Å². The molecule has 0 aromatic heterocycles. The van der Waals surface area contributed by atoms with Crippen LogP contribution in [0.25, 0.3) is 0 Å². The summed E-state index contributed by atoms with van der Waals surface area (Å²) in [5.74, 6) is -7.54. The number of benzene rings is 4. The molecule has 0 radical (unpaired) electrons. The highest BCUT2D eigenvalue weighted by molar-refractivity contribution is 5.97. The normalized spacial score (nSPS) is 14.3. The Bertz CT molecular complexity index is 3060. The number of carboxylic acid groups (broad SMARTS) is 5. The van der Waals surface area contributed by atoms with Crippen LogP contribution in [0, 0.1) is 0 Å². The fourth-order valence-corrected chi connectivity index (χ4v) is 9.44. The quantitative estimate of drug-likeness (QED) is 0.0240. The van der Waals surface area contributed by atoms with Crippen molar-refractivity contribution in [2.75, 3.05) is 85.1 Å². The van der Waals surface area contributed by atoms with Gasteiger partial charge in [-0.05, 0) is 97.7 Å². The topological polar surface area (TPSA) is 391 Å². The Morgan fingerprint density at radius 1 is 0.404 bits per heavy atom. The average Bonchev–Trinajstić information content (AvgIpc) is 3.60. The first-order valence-electron chi connectivity index (χ1n) is 29.1. The third kappa shape index (κ3) is 26.6. The summed E-state index contributed by atoms with van der Waals surface area (Å²) in [6, 6.07) is 23.2. The molecular formula is C62H78N10O17. The lowest BCUT2D eigenvalue weighted by Crippen LogP contribution is -2.51. The molecule has 11 N–H and O–H groups in total. The van der Waals surface area contributed by atoms with E-state index in [9.17, 15) is 78.0 Å². The monoisotopic (exact) mass is 1230 g/mol. The van der Waals surface area contributed by atoms with E-state index in [1.165, 1.54) is 6.92 Å². The lowest BCUT2D eigenvalue weighted by Gasteiger charge is -2.33. The summed E-state index contributed by atoms with van der Waals surface area (Å²) in [5, 5.41) is 62.2.